The quantitative estimate of drug-likeness (QED) is 0.828. The van der Waals surface area contributed by atoms with Crippen molar-refractivity contribution in [2.45, 2.75) is 4.90 Å². The van der Waals surface area contributed by atoms with E-state index in [2.05, 4.69) is 4.98 Å². The van der Waals surface area contributed by atoms with Gasteiger partial charge in [-0.3, -0.25) is 0 Å². The van der Waals surface area contributed by atoms with E-state index < -0.39 is 38.5 Å². The Morgan fingerprint density at radius 1 is 1.33 bits per heavy atom. The normalized spacial score (nSPS) is 11.3. The van der Waals surface area contributed by atoms with Gasteiger partial charge in [0.15, 0.2) is 10.7 Å². The number of nitrogen functional groups attached to an aromatic ring is 1. The number of thiazole rings is 1. The highest BCUT2D eigenvalue weighted by atomic mass is 32.2. The van der Waals surface area contributed by atoms with Gasteiger partial charge in [0.25, 0.3) is 10.0 Å². The fourth-order valence-electron chi connectivity index (χ4n) is 1.55. The summed E-state index contributed by atoms with van der Waals surface area (Å²) in [7, 11) is -5.03. The van der Waals surface area contributed by atoms with Crippen molar-refractivity contribution in [1.82, 2.24) is 4.98 Å². The van der Waals surface area contributed by atoms with Gasteiger partial charge >= 0.3 is 6.09 Å². The standard InChI is InChI=1S/C10H7F2N3O4S2/c11-6-1-5(13)2-7(12)9(6)21(18,19)15(10(16)17)8-3-20-4-14-8/h1-4H,13H2,(H,16,17). The first-order valence-electron chi connectivity index (χ1n) is 5.16. The zero-order valence-electron chi connectivity index (χ0n) is 10.0. The Labute approximate surface area is 121 Å². The number of sulfonamides is 1. The first kappa shape index (κ1) is 15.1. The Bertz CT molecular complexity index is 770. The summed E-state index contributed by atoms with van der Waals surface area (Å²) in [6, 6.07) is 1.16. The molecule has 2 rings (SSSR count). The van der Waals surface area contributed by atoms with Crippen LogP contribution in [-0.2, 0) is 10.0 Å². The summed E-state index contributed by atoms with van der Waals surface area (Å²) >= 11 is 0.919. The summed E-state index contributed by atoms with van der Waals surface area (Å²) in [5, 5.41) is 10.1. The minimum absolute atomic E-state index is 0.207. The summed E-state index contributed by atoms with van der Waals surface area (Å²) < 4.78 is 51.7. The molecule has 3 N–H and O–H groups in total. The zero-order chi connectivity index (χ0) is 15.8. The number of nitrogens with two attached hydrogens (primary N) is 1. The van der Waals surface area contributed by atoms with Crippen molar-refractivity contribution in [3.8, 4) is 0 Å². The molecule has 11 heteroatoms. The molecular weight excluding hydrogens is 328 g/mol. The highest BCUT2D eigenvalue weighted by Gasteiger charge is 2.37. The molecule has 0 unspecified atom stereocenters. The van der Waals surface area contributed by atoms with Crippen molar-refractivity contribution in [3.63, 3.8) is 0 Å². The number of carboxylic acid groups (broad SMARTS) is 1. The molecule has 1 amide bonds. The monoisotopic (exact) mass is 335 g/mol. The maximum Gasteiger partial charge on any atom is 0.427 e. The third-order valence-corrected chi connectivity index (χ3v) is 4.62. The minimum atomic E-state index is -5.03. The minimum Gasteiger partial charge on any atom is -0.464 e. The highest BCUT2D eigenvalue weighted by molar-refractivity contribution is 7.93. The zero-order valence-corrected chi connectivity index (χ0v) is 11.7. The van der Waals surface area contributed by atoms with E-state index in [1.165, 1.54) is 5.51 Å². The van der Waals surface area contributed by atoms with Crippen LogP contribution in [0.25, 0.3) is 0 Å². The number of benzene rings is 1. The van der Waals surface area contributed by atoms with E-state index >= 15 is 0 Å². The van der Waals surface area contributed by atoms with E-state index in [1.54, 1.807) is 0 Å². The summed E-state index contributed by atoms with van der Waals surface area (Å²) in [6.45, 7) is 0. The molecule has 0 bridgehead atoms. The third kappa shape index (κ3) is 2.64. The van der Waals surface area contributed by atoms with Crippen molar-refractivity contribution in [2.24, 2.45) is 0 Å². The van der Waals surface area contributed by atoms with Crippen LogP contribution >= 0.6 is 11.3 Å². The summed E-state index contributed by atoms with van der Waals surface area (Å²) in [6.07, 6.45) is -1.95. The molecule has 112 valence electrons. The van der Waals surface area contributed by atoms with Crippen LogP contribution in [0.4, 0.5) is 25.1 Å². The molecule has 2 aromatic rings. The number of aromatic nitrogens is 1. The molecule has 0 saturated heterocycles. The van der Waals surface area contributed by atoms with E-state index in [4.69, 9.17) is 10.8 Å². The lowest BCUT2D eigenvalue weighted by atomic mass is 10.3. The number of amides is 1. The van der Waals surface area contributed by atoms with Crippen molar-refractivity contribution in [1.29, 1.82) is 0 Å². The molecule has 7 nitrogen and oxygen atoms in total. The third-order valence-electron chi connectivity index (χ3n) is 2.32. The van der Waals surface area contributed by atoms with Gasteiger partial charge in [-0.1, -0.05) is 0 Å². The Morgan fingerprint density at radius 3 is 2.33 bits per heavy atom. The number of carbonyl (C=O) groups is 1. The van der Waals surface area contributed by atoms with E-state index in [0.717, 1.165) is 16.7 Å². The number of halogens is 2. The first-order chi connectivity index (χ1) is 9.75. The second-order valence-corrected chi connectivity index (χ2v) is 6.15. The SMILES string of the molecule is Nc1cc(F)c(S(=O)(=O)N(C(=O)O)c2cscn2)c(F)c1. The highest BCUT2D eigenvalue weighted by Crippen LogP contribution is 2.28. The van der Waals surface area contributed by atoms with E-state index in [9.17, 15) is 22.0 Å². The molecule has 0 atom stereocenters. The molecule has 1 heterocycles. The number of nitrogens with zero attached hydrogens (tertiary/aromatic N) is 2. The summed E-state index contributed by atoms with van der Waals surface area (Å²) in [5.74, 6) is -3.47. The van der Waals surface area contributed by atoms with Gasteiger partial charge < -0.3 is 10.8 Å². The van der Waals surface area contributed by atoms with E-state index in [1.807, 2.05) is 0 Å². The van der Waals surface area contributed by atoms with Crippen LogP contribution in [0.5, 0.6) is 0 Å². The van der Waals surface area contributed by atoms with Crippen LogP contribution in [0.3, 0.4) is 0 Å². The first-order valence-corrected chi connectivity index (χ1v) is 7.54. The molecule has 0 aliphatic heterocycles. The lowest BCUT2D eigenvalue weighted by Crippen LogP contribution is -2.37. The predicted molar refractivity (Wildman–Crippen MR) is 70.6 cm³/mol. The average Bonchev–Trinajstić information content (AvgIpc) is 2.78. The van der Waals surface area contributed by atoms with Crippen molar-refractivity contribution < 1.29 is 27.1 Å². The van der Waals surface area contributed by atoms with Gasteiger partial charge in [0.1, 0.15) is 11.6 Å². The fourth-order valence-corrected chi connectivity index (χ4v) is 3.48. The summed E-state index contributed by atoms with van der Waals surface area (Å²) in [5.41, 5.74) is 6.03. The number of hydrogen-bond donors (Lipinski definition) is 2. The molecule has 0 saturated carbocycles. The molecule has 1 aromatic heterocycles. The molecule has 0 fully saturated rings. The molecule has 1 aromatic carbocycles. The van der Waals surface area contributed by atoms with Crippen LogP contribution in [-0.4, -0.2) is 24.6 Å². The Balaban J connectivity index is 2.69. The lowest BCUT2D eigenvalue weighted by molar-refractivity contribution is 0.206. The van der Waals surface area contributed by atoms with Crippen LogP contribution in [0.2, 0.25) is 0 Å². The van der Waals surface area contributed by atoms with Gasteiger partial charge in [-0.15, -0.1) is 15.6 Å². The maximum absolute atomic E-state index is 13.7. The van der Waals surface area contributed by atoms with Crippen molar-refractivity contribution in [3.05, 3.63) is 34.7 Å². The molecule has 21 heavy (non-hydrogen) atoms. The fraction of sp³-hybridized carbons (Fsp3) is 0. The largest absolute Gasteiger partial charge is 0.464 e. The summed E-state index contributed by atoms with van der Waals surface area (Å²) in [4.78, 5) is 13.3. The van der Waals surface area contributed by atoms with Crippen molar-refractivity contribution >= 4 is 39.0 Å². The van der Waals surface area contributed by atoms with Crippen molar-refractivity contribution in [2.75, 3.05) is 10.0 Å². The predicted octanol–water partition coefficient (Wildman–Crippen LogP) is 1.88. The van der Waals surface area contributed by atoms with Crippen LogP contribution in [0.15, 0.2) is 27.9 Å². The Kier molecular flexibility index (Phi) is 3.78. The average molecular weight is 335 g/mol. The molecule has 0 radical (unpaired) electrons. The van der Waals surface area contributed by atoms with Crippen LogP contribution < -0.4 is 10.0 Å². The maximum atomic E-state index is 13.7. The van der Waals surface area contributed by atoms with Gasteiger partial charge in [0.2, 0.25) is 0 Å². The Morgan fingerprint density at radius 2 is 1.90 bits per heavy atom. The van der Waals surface area contributed by atoms with E-state index in [-0.39, 0.29) is 9.99 Å². The van der Waals surface area contributed by atoms with Gasteiger partial charge in [-0.05, 0) is 12.1 Å². The number of rotatable bonds is 3. The number of hydrogen-bond acceptors (Lipinski definition) is 6. The van der Waals surface area contributed by atoms with Gasteiger partial charge in [0.05, 0.1) is 5.51 Å². The lowest BCUT2D eigenvalue weighted by Gasteiger charge is -2.17. The molecule has 0 aliphatic carbocycles. The topological polar surface area (TPSA) is 114 Å². The second kappa shape index (κ2) is 5.26. The van der Waals surface area contributed by atoms with Gasteiger partial charge in [0, 0.05) is 11.1 Å². The number of anilines is 2. The smallest absolute Gasteiger partial charge is 0.427 e. The van der Waals surface area contributed by atoms with Crippen LogP contribution in [0, 0.1) is 11.6 Å². The Hall–Kier alpha value is -2.27. The molecular formula is C10H7F2N3O4S2. The molecule has 0 aliphatic rings. The molecule has 0 spiro atoms. The second-order valence-electron chi connectivity index (χ2n) is 3.71. The van der Waals surface area contributed by atoms with Gasteiger partial charge in [-0.25, -0.2) is 27.0 Å². The van der Waals surface area contributed by atoms with E-state index in [0.29, 0.717) is 12.1 Å². The van der Waals surface area contributed by atoms with Crippen LogP contribution in [0.1, 0.15) is 0 Å². The van der Waals surface area contributed by atoms with Gasteiger partial charge in [-0.2, -0.15) is 0 Å².